The van der Waals surface area contributed by atoms with Crippen molar-refractivity contribution >= 4 is 29.2 Å². The van der Waals surface area contributed by atoms with E-state index in [0.29, 0.717) is 36.9 Å². The third kappa shape index (κ3) is 6.25. The van der Waals surface area contributed by atoms with Gasteiger partial charge in [-0.15, -0.1) is 10.2 Å². The molecule has 41 heavy (non-hydrogen) atoms. The molecule has 0 saturated carbocycles. The number of nitriles is 1. The van der Waals surface area contributed by atoms with E-state index in [4.69, 9.17) is 16.9 Å². The largest absolute Gasteiger partial charge is 0.354 e. The topological polar surface area (TPSA) is 93.4 Å². The number of allylic oxidation sites excluding steroid dienone is 3. The van der Waals surface area contributed by atoms with Crippen LogP contribution in [0.5, 0.6) is 0 Å². The third-order valence-corrected chi connectivity index (χ3v) is 8.61. The number of amides is 2. The Hall–Kier alpha value is -3.84. The van der Waals surface area contributed by atoms with Crippen LogP contribution in [0, 0.1) is 34.8 Å². The fourth-order valence-electron chi connectivity index (χ4n) is 6.25. The van der Waals surface area contributed by atoms with Crippen LogP contribution in [0.3, 0.4) is 0 Å². The van der Waals surface area contributed by atoms with E-state index in [9.17, 15) is 14.0 Å². The smallest absolute Gasteiger partial charge is 0.228 e. The summed E-state index contributed by atoms with van der Waals surface area (Å²) in [5, 5.41) is 17.8. The molecule has 0 bridgehead atoms. The van der Waals surface area contributed by atoms with Crippen LogP contribution in [-0.2, 0) is 9.59 Å². The van der Waals surface area contributed by atoms with Gasteiger partial charge in [-0.25, -0.2) is 8.78 Å². The molecule has 0 spiro atoms. The maximum Gasteiger partial charge on any atom is 0.228 e. The Morgan fingerprint density at radius 3 is 2.59 bits per heavy atom. The molecule has 3 heterocycles. The zero-order chi connectivity index (χ0) is 29.1. The molecular formula is C30H31ClF2N6O2. The van der Waals surface area contributed by atoms with Crippen molar-refractivity contribution in [1.82, 2.24) is 20.0 Å². The van der Waals surface area contributed by atoms with Gasteiger partial charge in [-0.2, -0.15) is 5.26 Å². The fraction of sp³-hybridized carbons (Fsp3) is 0.433. The molecule has 2 aromatic rings. The van der Waals surface area contributed by atoms with Crippen LogP contribution in [0.1, 0.15) is 43.4 Å². The number of carbonyl (C=O) groups excluding carboxylic acids is 2. The molecule has 8 nitrogen and oxygen atoms in total. The van der Waals surface area contributed by atoms with Crippen LogP contribution in [0.25, 0.3) is 0 Å². The molecule has 1 aromatic carbocycles. The first-order valence-electron chi connectivity index (χ1n) is 13.8. The van der Waals surface area contributed by atoms with Crippen LogP contribution in [0.2, 0.25) is 0 Å². The zero-order valence-corrected chi connectivity index (χ0v) is 23.5. The second-order valence-electron chi connectivity index (χ2n) is 10.8. The van der Waals surface area contributed by atoms with Gasteiger partial charge in [0.25, 0.3) is 0 Å². The van der Waals surface area contributed by atoms with E-state index in [1.165, 1.54) is 12.1 Å². The van der Waals surface area contributed by atoms with Crippen LogP contribution in [0.4, 0.5) is 14.6 Å². The summed E-state index contributed by atoms with van der Waals surface area (Å²) >= 11 is 6.11. The number of benzene rings is 1. The summed E-state index contributed by atoms with van der Waals surface area (Å²) in [6.45, 7) is 3.35. The Morgan fingerprint density at radius 1 is 1.10 bits per heavy atom. The van der Waals surface area contributed by atoms with Crippen LogP contribution >= 0.6 is 11.6 Å². The minimum atomic E-state index is -0.700. The summed E-state index contributed by atoms with van der Waals surface area (Å²) in [5.41, 5.74) is 0.431. The highest BCUT2D eigenvalue weighted by Crippen LogP contribution is 2.38. The van der Waals surface area contributed by atoms with Crippen LogP contribution in [-0.4, -0.2) is 70.6 Å². The number of nitrogens with zero attached hydrogens (tertiary/aromatic N) is 6. The first kappa shape index (κ1) is 28.7. The Morgan fingerprint density at radius 2 is 1.93 bits per heavy atom. The van der Waals surface area contributed by atoms with Gasteiger partial charge < -0.3 is 14.7 Å². The van der Waals surface area contributed by atoms with Crippen molar-refractivity contribution in [2.24, 2.45) is 11.8 Å². The van der Waals surface area contributed by atoms with Crippen molar-refractivity contribution in [3.8, 4) is 6.07 Å². The SMILES string of the molecule is CC(=O)N1CCN(C(=O)C2CN(c3ccc(C#N)nn3)C[C@H]2c2ccc(F)cc2F)CCC[C@H]1C1C=CC(Cl)=CC1. The van der Waals surface area contributed by atoms with Gasteiger partial charge in [0.05, 0.1) is 5.92 Å². The Kier molecular flexibility index (Phi) is 8.64. The van der Waals surface area contributed by atoms with Crippen molar-refractivity contribution in [3.05, 3.63) is 76.5 Å². The van der Waals surface area contributed by atoms with Gasteiger partial charge in [0.15, 0.2) is 11.5 Å². The van der Waals surface area contributed by atoms with Crippen molar-refractivity contribution in [2.45, 2.75) is 38.1 Å². The normalized spacial score (nSPS) is 24.9. The predicted molar refractivity (Wildman–Crippen MR) is 150 cm³/mol. The lowest BCUT2D eigenvalue weighted by molar-refractivity contribution is -0.140. The second-order valence-corrected chi connectivity index (χ2v) is 11.2. The predicted octanol–water partition coefficient (Wildman–Crippen LogP) is 4.38. The lowest BCUT2D eigenvalue weighted by Gasteiger charge is -2.40. The number of aromatic nitrogens is 2. The van der Waals surface area contributed by atoms with Crippen molar-refractivity contribution < 1.29 is 18.4 Å². The molecular weight excluding hydrogens is 550 g/mol. The number of anilines is 1. The Labute approximate surface area is 242 Å². The molecule has 4 atom stereocenters. The molecule has 214 valence electrons. The van der Waals surface area contributed by atoms with Gasteiger partial charge in [0, 0.05) is 68.6 Å². The zero-order valence-electron chi connectivity index (χ0n) is 22.7. The van der Waals surface area contributed by atoms with E-state index in [2.05, 4.69) is 16.3 Å². The maximum absolute atomic E-state index is 15.0. The van der Waals surface area contributed by atoms with Gasteiger partial charge in [0.2, 0.25) is 11.8 Å². The summed E-state index contributed by atoms with van der Waals surface area (Å²) < 4.78 is 28.8. The average molecular weight is 581 g/mol. The molecule has 11 heteroatoms. The highest BCUT2D eigenvalue weighted by atomic mass is 35.5. The first-order chi connectivity index (χ1) is 19.7. The summed E-state index contributed by atoms with van der Waals surface area (Å²) in [4.78, 5) is 32.3. The lowest BCUT2D eigenvalue weighted by Crippen LogP contribution is -2.51. The van der Waals surface area contributed by atoms with E-state index in [-0.39, 0.29) is 48.1 Å². The number of hydrogen-bond acceptors (Lipinski definition) is 6. The van der Waals surface area contributed by atoms with Gasteiger partial charge in [-0.05, 0) is 49.1 Å². The summed E-state index contributed by atoms with van der Waals surface area (Å²) in [6.07, 6.45) is 8.11. The van der Waals surface area contributed by atoms with E-state index in [0.717, 1.165) is 18.9 Å². The van der Waals surface area contributed by atoms with Crippen molar-refractivity contribution in [2.75, 3.05) is 37.6 Å². The maximum atomic E-state index is 15.0. The Balaban J connectivity index is 1.37. The third-order valence-electron chi connectivity index (χ3n) is 8.33. The van der Waals surface area contributed by atoms with Gasteiger partial charge >= 0.3 is 0 Å². The molecule has 1 aliphatic carbocycles. The molecule has 5 rings (SSSR count). The molecule has 2 aliphatic heterocycles. The molecule has 2 amide bonds. The number of halogens is 3. The minimum Gasteiger partial charge on any atom is -0.354 e. The molecule has 1 aromatic heterocycles. The second kappa shape index (κ2) is 12.4. The highest BCUT2D eigenvalue weighted by Gasteiger charge is 2.43. The summed E-state index contributed by atoms with van der Waals surface area (Å²) in [6, 6.07) is 8.58. The quantitative estimate of drug-likeness (QED) is 0.533. The molecule has 2 fully saturated rings. The van der Waals surface area contributed by atoms with E-state index >= 15 is 4.39 Å². The van der Waals surface area contributed by atoms with Crippen LogP contribution < -0.4 is 4.90 Å². The number of hydrogen-bond donors (Lipinski definition) is 0. The highest BCUT2D eigenvalue weighted by molar-refractivity contribution is 6.31. The molecule has 0 N–H and O–H groups in total. The first-order valence-corrected chi connectivity index (χ1v) is 14.2. The molecule has 2 saturated heterocycles. The fourth-order valence-corrected chi connectivity index (χ4v) is 6.41. The number of carbonyl (C=O) groups is 2. The monoisotopic (exact) mass is 580 g/mol. The minimum absolute atomic E-state index is 0.0139. The Bertz CT molecular complexity index is 1410. The molecule has 0 radical (unpaired) electrons. The molecule has 3 aliphatic rings. The van der Waals surface area contributed by atoms with Crippen molar-refractivity contribution in [1.29, 1.82) is 5.26 Å². The standard InChI is InChI=1S/C30H31ClF2N6O2/c1-19(40)39-14-13-37(12-2-3-28(39)20-4-6-21(31)7-5-20)30(41)26-18-38(29-11-9-23(16-34)35-36-29)17-25(26)24-10-8-22(32)15-27(24)33/h4,6-11,15,20,25-26,28H,2-3,5,12-14,17-18H2,1H3/t20?,25-,26?,28-/m0/s1. The van der Waals surface area contributed by atoms with E-state index < -0.39 is 23.5 Å². The van der Waals surface area contributed by atoms with Gasteiger partial charge in [0.1, 0.15) is 17.7 Å². The summed E-state index contributed by atoms with van der Waals surface area (Å²) in [5.74, 6) is -2.11. The van der Waals surface area contributed by atoms with Gasteiger partial charge in [-0.1, -0.05) is 29.8 Å². The van der Waals surface area contributed by atoms with E-state index in [1.54, 1.807) is 24.0 Å². The van der Waals surface area contributed by atoms with Crippen LogP contribution in [0.15, 0.2) is 53.6 Å². The number of rotatable bonds is 4. The average Bonchev–Trinajstić information content (AvgIpc) is 3.38. The van der Waals surface area contributed by atoms with Gasteiger partial charge in [-0.3, -0.25) is 9.59 Å². The summed E-state index contributed by atoms with van der Waals surface area (Å²) in [7, 11) is 0. The van der Waals surface area contributed by atoms with Crippen molar-refractivity contribution in [3.63, 3.8) is 0 Å². The lowest BCUT2D eigenvalue weighted by atomic mass is 9.86. The molecule has 2 unspecified atom stereocenters. The van der Waals surface area contributed by atoms with E-state index in [1.807, 2.05) is 28.0 Å².